The number of hydrogen-bond acceptors (Lipinski definition) is 2. The highest BCUT2D eigenvalue weighted by atomic mass is 15.2. The number of nitrogens with two attached hydrogens (primary N) is 1. The van der Waals surface area contributed by atoms with Crippen LogP contribution in [-0.2, 0) is 0 Å². The molecule has 0 saturated carbocycles. The molecule has 4 nitrogen and oxygen atoms in total. The molecule has 0 aromatic heterocycles. The van der Waals surface area contributed by atoms with Crippen LogP contribution in [0.15, 0.2) is 35.3 Å². The maximum atomic E-state index is 5.90. The van der Waals surface area contributed by atoms with Gasteiger partial charge in [-0.1, -0.05) is 25.1 Å². The van der Waals surface area contributed by atoms with Crippen molar-refractivity contribution in [2.24, 2.45) is 16.6 Å². The Morgan fingerprint density at radius 1 is 1.45 bits per heavy atom. The largest absolute Gasteiger partial charge is 0.371 e. The minimum atomic E-state index is 0.392. The van der Waals surface area contributed by atoms with Gasteiger partial charge in [-0.05, 0) is 37.8 Å². The third-order valence-corrected chi connectivity index (χ3v) is 3.93. The van der Waals surface area contributed by atoms with Gasteiger partial charge in [-0.15, -0.1) is 0 Å². The van der Waals surface area contributed by atoms with E-state index in [-0.39, 0.29) is 0 Å². The molecule has 1 aromatic rings. The van der Waals surface area contributed by atoms with Crippen molar-refractivity contribution < 1.29 is 0 Å². The number of guanidine groups is 1. The number of nitrogens with zero attached hydrogens (tertiary/aromatic N) is 2. The minimum Gasteiger partial charge on any atom is -0.371 e. The highest BCUT2D eigenvalue weighted by molar-refractivity contribution is 5.78. The van der Waals surface area contributed by atoms with Crippen molar-refractivity contribution in [2.75, 3.05) is 24.5 Å². The van der Waals surface area contributed by atoms with E-state index in [4.69, 9.17) is 5.73 Å². The molecule has 2 unspecified atom stereocenters. The molecule has 20 heavy (non-hydrogen) atoms. The Morgan fingerprint density at radius 3 is 2.90 bits per heavy atom. The summed E-state index contributed by atoms with van der Waals surface area (Å²) in [5.41, 5.74) is 7.21. The summed E-state index contributed by atoms with van der Waals surface area (Å²) in [6.07, 6.45) is 2.25. The number of anilines is 1. The number of rotatable bonds is 5. The molecule has 0 spiro atoms. The van der Waals surface area contributed by atoms with Crippen LogP contribution in [0.5, 0.6) is 0 Å². The van der Waals surface area contributed by atoms with Crippen molar-refractivity contribution >= 4 is 11.6 Å². The fraction of sp³-hybridized carbons (Fsp3) is 0.562. The molecular weight excluding hydrogens is 248 g/mol. The van der Waals surface area contributed by atoms with Crippen LogP contribution in [-0.4, -0.2) is 31.6 Å². The van der Waals surface area contributed by atoms with Crippen molar-refractivity contribution in [1.29, 1.82) is 0 Å². The van der Waals surface area contributed by atoms with Crippen LogP contribution in [0.4, 0.5) is 5.69 Å². The molecule has 1 saturated heterocycles. The zero-order valence-corrected chi connectivity index (χ0v) is 12.5. The highest BCUT2D eigenvalue weighted by Gasteiger charge is 2.22. The van der Waals surface area contributed by atoms with Gasteiger partial charge in [0, 0.05) is 31.4 Å². The maximum Gasteiger partial charge on any atom is 0.188 e. The summed E-state index contributed by atoms with van der Waals surface area (Å²) in [6.45, 7) is 7.26. The van der Waals surface area contributed by atoms with E-state index >= 15 is 0 Å². The van der Waals surface area contributed by atoms with Crippen molar-refractivity contribution in [3.8, 4) is 0 Å². The van der Waals surface area contributed by atoms with Gasteiger partial charge in [-0.3, -0.25) is 4.99 Å². The Kier molecular flexibility index (Phi) is 5.27. The van der Waals surface area contributed by atoms with Gasteiger partial charge in [0.2, 0.25) is 0 Å². The number of para-hydroxylation sites is 1. The fourth-order valence-corrected chi connectivity index (χ4v) is 2.48. The van der Waals surface area contributed by atoms with Gasteiger partial charge in [0.15, 0.2) is 5.96 Å². The summed E-state index contributed by atoms with van der Waals surface area (Å²) in [6, 6.07) is 11.0. The van der Waals surface area contributed by atoms with Crippen LogP contribution < -0.4 is 16.0 Å². The molecule has 0 bridgehead atoms. The third-order valence-electron chi connectivity index (χ3n) is 3.93. The van der Waals surface area contributed by atoms with E-state index in [9.17, 15) is 0 Å². The minimum absolute atomic E-state index is 0.392. The summed E-state index contributed by atoms with van der Waals surface area (Å²) < 4.78 is 0. The standard InChI is InChI=1S/C16H26N4/c1-3-13(2)19-16(17)18-11-14-9-10-20(12-14)15-7-5-4-6-8-15/h4-8,13-14H,3,9-12H2,1-2H3,(H3,17,18,19). The molecule has 1 heterocycles. The normalized spacial score (nSPS) is 21.0. The van der Waals surface area contributed by atoms with Gasteiger partial charge < -0.3 is 16.0 Å². The summed E-state index contributed by atoms with van der Waals surface area (Å²) in [4.78, 5) is 6.91. The van der Waals surface area contributed by atoms with Gasteiger partial charge >= 0.3 is 0 Å². The molecule has 2 atom stereocenters. The van der Waals surface area contributed by atoms with Crippen molar-refractivity contribution in [3.63, 3.8) is 0 Å². The van der Waals surface area contributed by atoms with E-state index in [0.29, 0.717) is 17.9 Å². The Balaban J connectivity index is 1.80. The van der Waals surface area contributed by atoms with Crippen LogP contribution in [0, 0.1) is 5.92 Å². The van der Waals surface area contributed by atoms with Gasteiger partial charge in [0.25, 0.3) is 0 Å². The van der Waals surface area contributed by atoms with Crippen LogP contribution in [0.1, 0.15) is 26.7 Å². The zero-order valence-electron chi connectivity index (χ0n) is 12.5. The van der Waals surface area contributed by atoms with Gasteiger partial charge in [-0.25, -0.2) is 0 Å². The quantitative estimate of drug-likeness (QED) is 0.639. The summed E-state index contributed by atoms with van der Waals surface area (Å²) in [5, 5.41) is 3.21. The van der Waals surface area contributed by atoms with Crippen molar-refractivity contribution in [1.82, 2.24) is 5.32 Å². The third kappa shape index (κ3) is 4.15. The molecule has 0 aliphatic carbocycles. The summed E-state index contributed by atoms with van der Waals surface area (Å²) in [7, 11) is 0. The number of benzene rings is 1. The molecule has 1 aromatic carbocycles. The molecule has 3 N–H and O–H groups in total. The zero-order chi connectivity index (χ0) is 14.4. The van der Waals surface area contributed by atoms with Gasteiger partial charge in [0.1, 0.15) is 0 Å². The van der Waals surface area contributed by atoms with E-state index in [0.717, 1.165) is 26.1 Å². The SMILES string of the molecule is CCC(C)NC(N)=NCC1CCN(c2ccccc2)C1. The first-order valence-corrected chi connectivity index (χ1v) is 7.55. The molecule has 1 fully saturated rings. The number of hydrogen-bond donors (Lipinski definition) is 2. The first-order chi connectivity index (χ1) is 9.69. The molecule has 2 rings (SSSR count). The monoisotopic (exact) mass is 274 g/mol. The van der Waals surface area contributed by atoms with E-state index in [2.05, 4.69) is 59.4 Å². The molecule has 110 valence electrons. The van der Waals surface area contributed by atoms with E-state index in [1.165, 1.54) is 12.1 Å². The second-order valence-electron chi connectivity index (χ2n) is 5.62. The second-order valence-corrected chi connectivity index (χ2v) is 5.62. The molecule has 4 heteroatoms. The molecule has 0 radical (unpaired) electrons. The van der Waals surface area contributed by atoms with Gasteiger partial charge in [0.05, 0.1) is 0 Å². The van der Waals surface area contributed by atoms with E-state index in [1.807, 2.05) is 0 Å². The lowest BCUT2D eigenvalue weighted by Gasteiger charge is -2.18. The molecule has 1 aliphatic heterocycles. The Hall–Kier alpha value is -1.71. The van der Waals surface area contributed by atoms with Gasteiger partial charge in [-0.2, -0.15) is 0 Å². The Morgan fingerprint density at radius 2 is 2.20 bits per heavy atom. The van der Waals surface area contributed by atoms with Crippen LogP contribution in [0.25, 0.3) is 0 Å². The highest BCUT2D eigenvalue weighted by Crippen LogP contribution is 2.23. The lowest BCUT2D eigenvalue weighted by Crippen LogP contribution is -2.38. The molecule has 0 amide bonds. The van der Waals surface area contributed by atoms with E-state index in [1.54, 1.807) is 0 Å². The number of nitrogens with one attached hydrogen (secondary N) is 1. The predicted octanol–water partition coefficient (Wildman–Crippen LogP) is 2.22. The average Bonchev–Trinajstić information content (AvgIpc) is 2.95. The molecule has 1 aliphatic rings. The lowest BCUT2D eigenvalue weighted by molar-refractivity contribution is 0.593. The topological polar surface area (TPSA) is 53.6 Å². The maximum absolute atomic E-state index is 5.90. The fourth-order valence-electron chi connectivity index (χ4n) is 2.48. The smallest absolute Gasteiger partial charge is 0.188 e. The van der Waals surface area contributed by atoms with Crippen LogP contribution in [0.2, 0.25) is 0 Å². The average molecular weight is 274 g/mol. The van der Waals surface area contributed by atoms with Crippen LogP contribution >= 0.6 is 0 Å². The first kappa shape index (κ1) is 14.7. The first-order valence-electron chi connectivity index (χ1n) is 7.55. The summed E-state index contributed by atoms with van der Waals surface area (Å²) >= 11 is 0. The van der Waals surface area contributed by atoms with Crippen LogP contribution in [0.3, 0.4) is 0 Å². The summed E-state index contributed by atoms with van der Waals surface area (Å²) in [5.74, 6) is 1.19. The number of aliphatic imine (C=N–C) groups is 1. The second kappa shape index (κ2) is 7.17. The Bertz CT molecular complexity index is 429. The molecular formula is C16H26N4. The lowest BCUT2D eigenvalue weighted by atomic mass is 10.1. The van der Waals surface area contributed by atoms with Crippen molar-refractivity contribution in [2.45, 2.75) is 32.7 Å². The van der Waals surface area contributed by atoms with E-state index < -0.39 is 0 Å². The van der Waals surface area contributed by atoms with Crippen molar-refractivity contribution in [3.05, 3.63) is 30.3 Å². The Labute approximate surface area is 122 Å². The predicted molar refractivity (Wildman–Crippen MR) is 86.1 cm³/mol.